The first kappa shape index (κ1) is 15.0. The van der Waals surface area contributed by atoms with Crippen LogP contribution in [0.3, 0.4) is 0 Å². The SMILES string of the molecule is CNC1CC(Nc2nc(Cc3cc(C)ns3)nc3ccsc23)C1. The molecule has 0 bridgehead atoms. The van der Waals surface area contributed by atoms with Crippen molar-refractivity contribution in [2.24, 2.45) is 0 Å². The molecule has 3 aromatic rings. The Labute approximate surface area is 143 Å². The third-order valence-corrected chi connectivity index (χ3v) is 6.03. The second-order valence-corrected chi connectivity index (χ2v) is 7.84. The maximum absolute atomic E-state index is 4.80. The first-order valence-electron chi connectivity index (χ1n) is 7.81. The monoisotopic (exact) mass is 345 g/mol. The van der Waals surface area contributed by atoms with Gasteiger partial charge in [0.05, 0.1) is 15.9 Å². The third-order valence-electron chi connectivity index (χ3n) is 4.25. The van der Waals surface area contributed by atoms with Crippen LogP contribution in [0.5, 0.6) is 0 Å². The van der Waals surface area contributed by atoms with Gasteiger partial charge in [-0.2, -0.15) is 4.37 Å². The van der Waals surface area contributed by atoms with Crippen LogP contribution >= 0.6 is 22.9 Å². The predicted octanol–water partition coefficient (Wildman–Crippen LogP) is 3.21. The number of rotatable bonds is 5. The number of anilines is 1. The molecule has 0 aromatic carbocycles. The van der Waals surface area contributed by atoms with Crippen LogP contribution in [-0.2, 0) is 6.42 Å². The second kappa shape index (κ2) is 6.14. The fraction of sp³-hybridized carbons (Fsp3) is 0.438. The highest BCUT2D eigenvalue weighted by Gasteiger charge is 2.28. The number of hydrogen-bond acceptors (Lipinski definition) is 7. The zero-order valence-electron chi connectivity index (χ0n) is 13.2. The smallest absolute Gasteiger partial charge is 0.148 e. The molecule has 0 spiro atoms. The average molecular weight is 345 g/mol. The molecule has 0 aliphatic heterocycles. The van der Waals surface area contributed by atoms with E-state index in [0.717, 1.165) is 46.8 Å². The van der Waals surface area contributed by atoms with Gasteiger partial charge in [-0.3, -0.25) is 0 Å². The van der Waals surface area contributed by atoms with Crippen LogP contribution in [0.25, 0.3) is 10.2 Å². The van der Waals surface area contributed by atoms with E-state index in [1.807, 2.05) is 14.0 Å². The highest BCUT2D eigenvalue weighted by atomic mass is 32.1. The van der Waals surface area contributed by atoms with Gasteiger partial charge in [-0.1, -0.05) is 0 Å². The summed E-state index contributed by atoms with van der Waals surface area (Å²) >= 11 is 3.24. The summed E-state index contributed by atoms with van der Waals surface area (Å²) in [6, 6.07) is 5.33. The summed E-state index contributed by atoms with van der Waals surface area (Å²) in [5.41, 5.74) is 2.10. The van der Waals surface area contributed by atoms with E-state index < -0.39 is 0 Å². The van der Waals surface area contributed by atoms with Gasteiger partial charge in [-0.25, -0.2) is 9.97 Å². The Kier molecular flexibility index (Phi) is 4.00. The van der Waals surface area contributed by atoms with E-state index in [2.05, 4.69) is 32.5 Å². The molecule has 23 heavy (non-hydrogen) atoms. The number of fused-ring (bicyclic) bond motifs is 1. The van der Waals surface area contributed by atoms with E-state index >= 15 is 0 Å². The van der Waals surface area contributed by atoms with Gasteiger partial charge in [-0.05, 0) is 55.9 Å². The van der Waals surface area contributed by atoms with Crippen LogP contribution in [0.2, 0.25) is 0 Å². The van der Waals surface area contributed by atoms with E-state index in [4.69, 9.17) is 9.97 Å². The Morgan fingerprint density at radius 2 is 2.13 bits per heavy atom. The normalized spacial score (nSPS) is 20.6. The van der Waals surface area contributed by atoms with Crippen LogP contribution in [-0.4, -0.2) is 33.5 Å². The lowest BCUT2D eigenvalue weighted by Crippen LogP contribution is -2.46. The number of aromatic nitrogens is 3. The highest BCUT2D eigenvalue weighted by molar-refractivity contribution is 7.17. The van der Waals surface area contributed by atoms with Crippen LogP contribution in [0.15, 0.2) is 17.5 Å². The lowest BCUT2D eigenvalue weighted by atomic mass is 9.87. The molecule has 1 aliphatic rings. The largest absolute Gasteiger partial charge is 0.366 e. The fourth-order valence-corrected chi connectivity index (χ4v) is 4.42. The Morgan fingerprint density at radius 3 is 2.87 bits per heavy atom. The molecule has 3 aromatic heterocycles. The van der Waals surface area contributed by atoms with Crippen LogP contribution in [0, 0.1) is 6.92 Å². The number of nitrogens with one attached hydrogen (secondary N) is 2. The fourth-order valence-electron chi connectivity index (χ4n) is 2.91. The molecule has 2 N–H and O–H groups in total. The minimum atomic E-state index is 0.506. The van der Waals surface area contributed by atoms with Gasteiger partial charge in [0.1, 0.15) is 11.6 Å². The summed E-state index contributed by atoms with van der Waals surface area (Å²) < 4.78 is 5.50. The minimum absolute atomic E-state index is 0.506. The van der Waals surface area contributed by atoms with Crippen molar-refractivity contribution in [3.8, 4) is 0 Å². The molecule has 0 saturated heterocycles. The Balaban J connectivity index is 1.59. The van der Waals surface area contributed by atoms with Crippen molar-refractivity contribution in [3.63, 3.8) is 0 Å². The summed E-state index contributed by atoms with van der Waals surface area (Å²) in [6.07, 6.45) is 3.04. The van der Waals surface area contributed by atoms with E-state index in [-0.39, 0.29) is 0 Å². The first-order valence-corrected chi connectivity index (χ1v) is 9.46. The van der Waals surface area contributed by atoms with Gasteiger partial charge in [0, 0.05) is 23.4 Å². The number of hydrogen-bond donors (Lipinski definition) is 2. The summed E-state index contributed by atoms with van der Waals surface area (Å²) in [7, 11) is 2.03. The zero-order valence-corrected chi connectivity index (χ0v) is 14.8. The third kappa shape index (κ3) is 3.08. The molecule has 0 amide bonds. The molecule has 1 fully saturated rings. The van der Waals surface area contributed by atoms with E-state index in [0.29, 0.717) is 12.1 Å². The Hall–Kier alpha value is -1.57. The average Bonchev–Trinajstić information content (AvgIpc) is 3.11. The van der Waals surface area contributed by atoms with Crippen molar-refractivity contribution < 1.29 is 0 Å². The summed E-state index contributed by atoms with van der Waals surface area (Å²) in [5, 5.41) is 9.02. The van der Waals surface area contributed by atoms with Gasteiger partial charge >= 0.3 is 0 Å². The van der Waals surface area contributed by atoms with E-state index in [9.17, 15) is 0 Å². The Bertz CT molecular complexity index is 819. The van der Waals surface area contributed by atoms with Gasteiger partial charge in [0.2, 0.25) is 0 Å². The molecule has 7 heteroatoms. The molecule has 0 unspecified atom stereocenters. The minimum Gasteiger partial charge on any atom is -0.366 e. The predicted molar refractivity (Wildman–Crippen MR) is 96.6 cm³/mol. The van der Waals surface area contributed by atoms with Crippen molar-refractivity contribution in [1.29, 1.82) is 0 Å². The van der Waals surface area contributed by atoms with E-state index in [1.54, 1.807) is 11.3 Å². The first-order chi connectivity index (χ1) is 11.2. The number of nitrogens with zero attached hydrogens (tertiary/aromatic N) is 3. The molecule has 5 nitrogen and oxygen atoms in total. The van der Waals surface area contributed by atoms with Gasteiger partial charge in [-0.15, -0.1) is 11.3 Å². The summed E-state index contributed by atoms with van der Waals surface area (Å²) in [4.78, 5) is 10.7. The lowest BCUT2D eigenvalue weighted by Gasteiger charge is -2.36. The molecule has 0 radical (unpaired) electrons. The maximum atomic E-state index is 4.80. The molecular weight excluding hydrogens is 326 g/mol. The second-order valence-electron chi connectivity index (χ2n) is 6.03. The molecular formula is C16H19N5S2. The van der Waals surface area contributed by atoms with E-state index in [1.165, 1.54) is 16.4 Å². The molecule has 120 valence electrons. The summed E-state index contributed by atoms with van der Waals surface area (Å²) in [6.45, 7) is 2.02. The van der Waals surface area contributed by atoms with Crippen molar-refractivity contribution >= 4 is 38.9 Å². The highest BCUT2D eigenvalue weighted by Crippen LogP contribution is 2.30. The van der Waals surface area contributed by atoms with Gasteiger partial charge < -0.3 is 10.6 Å². The van der Waals surface area contributed by atoms with Crippen LogP contribution in [0.1, 0.15) is 29.2 Å². The quantitative estimate of drug-likeness (QED) is 0.743. The summed E-state index contributed by atoms with van der Waals surface area (Å²) in [5.74, 6) is 1.85. The number of aryl methyl sites for hydroxylation is 1. The molecule has 1 saturated carbocycles. The van der Waals surface area contributed by atoms with Crippen LogP contribution < -0.4 is 10.6 Å². The standard InChI is InChI=1S/C16H19N5S2/c1-9-5-12(23-21-9)8-14-19-13-3-4-22-15(13)16(20-14)18-11-6-10(7-11)17-2/h3-5,10-11,17H,6-8H2,1-2H3,(H,18,19,20). The lowest BCUT2D eigenvalue weighted by molar-refractivity contribution is 0.326. The zero-order chi connectivity index (χ0) is 15.8. The van der Waals surface area contributed by atoms with Crippen molar-refractivity contribution in [1.82, 2.24) is 19.7 Å². The van der Waals surface area contributed by atoms with Crippen LogP contribution in [0.4, 0.5) is 5.82 Å². The van der Waals surface area contributed by atoms with Crippen molar-refractivity contribution in [2.45, 2.75) is 38.3 Å². The maximum Gasteiger partial charge on any atom is 0.148 e. The number of thiophene rings is 1. The van der Waals surface area contributed by atoms with Crippen molar-refractivity contribution in [2.75, 3.05) is 12.4 Å². The molecule has 4 rings (SSSR count). The molecule has 0 atom stereocenters. The van der Waals surface area contributed by atoms with Gasteiger partial charge in [0.25, 0.3) is 0 Å². The molecule has 1 aliphatic carbocycles. The van der Waals surface area contributed by atoms with Crippen molar-refractivity contribution in [3.05, 3.63) is 33.9 Å². The van der Waals surface area contributed by atoms with Gasteiger partial charge in [0.15, 0.2) is 0 Å². The topological polar surface area (TPSA) is 62.7 Å². The molecule has 3 heterocycles. The Morgan fingerprint density at radius 1 is 1.26 bits per heavy atom.